The fraction of sp³-hybridized carbons (Fsp3) is 0.207. The van der Waals surface area contributed by atoms with Gasteiger partial charge in [0.1, 0.15) is 5.70 Å². The summed E-state index contributed by atoms with van der Waals surface area (Å²) in [5, 5.41) is 6.77. The van der Waals surface area contributed by atoms with Gasteiger partial charge in [0, 0.05) is 24.3 Å². The monoisotopic (exact) mass is 500 g/mol. The second kappa shape index (κ2) is 13.5. The third-order valence-electron chi connectivity index (χ3n) is 5.65. The van der Waals surface area contributed by atoms with Crippen molar-refractivity contribution >= 4 is 29.8 Å². The number of nitrogens with one attached hydrogen (secondary N) is 2. The highest BCUT2D eigenvalue weighted by Crippen LogP contribution is 2.26. The lowest BCUT2D eigenvalue weighted by Crippen LogP contribution is -2.32. The van der Waals surface area contributed by atoms with Gasteiger partial charge in [-0.2, -0.15) is 5.10 Å². The summed E-state index contributed by atoms with van der Waals surface area (Å²) in [4.78, 5) is 28.1. The van der Waals surface area contributed by atoms with E-state index in [2.05, 4.69) is 34.6 Å². The Balaban J connectivity index is 1.82. The number of benzene rings is 3. The van der Waals surface area contributed by atoms with Gasteiger partial charge in [0.05, 0.1) is 20.4 Å². The molecule has 3 aromatic rings. The molecule has 0 fully saturated rings. The molecular weight excluding hydrogens is 468 g/mol. The highest BCUT2D eigenvalue weighted by atomic mass is 16.5. The molecule has 2 N–H and O–H groups in total. The number of hydrazone groups is 1. The van der Waals surface area contributed by atoms with E-state index in [1.165, 1.54) is 6.21 Å². The Morgan fingerprint density at radius 3 is 2.14 bits per heavy atom. The van der Waals surface area contributed by atoms with E-state index >= 15 is 0 Å². The number of rotatable bonds is 11. The molecule has 0 aliphatic carbocycles. The molecule has 8 nitrogen and oxygen atoms in total. The highest BCUT2D eigenvalue weighted by molar-refractivity contribution is 6.05. The molecular formula is C29H32N4O4. The molecule has 0 aromatic heterocycles. The van der Waals surface area contributed by atoms with Gasteiger partial charge in [0.25, 0.3) is 11.8 Å². The molecule has 192 valence electrons. The lowest BCUT2D eigenvalue weighted by Gasteiger charge is -2.20. The van der Waals surface area contributed by atoms with Gasteiger partial charge in [-0.1, -0.05) is 30.3 Å². The number of nitrogens with zero attached hydrogens (tertiary/aromatic N) is 2. The minimum absolute atomic E-state index is 0.0638. The molecule has 0 saturated heterocycles. The molecule has 0 aliphatic heterocycles. The minimum atomic E-state index is -0.561. The summed E-state index contributed by atoms with van der Waals surface area (Å²) in [6.07, 6.45) is 3.10. The summed E-state index contributed by atoms with van der Waals surface area (Å²) in [6, 6.07) is 21.8. The van der Waals surface area contributed by atoms with Gasteiger partial charge in [-0.05, 0) is 73.5 Å². The predicted molar refractivity (Wildman–Crippen MR) is 147 cm³/mol. The van der Waals surface area contributed by atoms with Gasteiger partial charge in [-0.3, -0.25) is 9.59 Å². The number of methoxy groups -OCH3 is 2. The molecule has 3 rings (SSSR count). The van der Waals surface area contributed by atoms with Crippen LogP contribution in [0.25, 0.3) is 6.08 Å². The topological polar surface area (TPSA) is 92.3 Å². The molecule has 37 heavy (non-hydrogen) atoms. The quantitative estimate of drug-likeness (QED) is 0.230. The maximum atomic E-state index is 13.0. The van der Waals surface area contributed by atoms with Crippen molar-refractivity contribution in [2.24, 2.45) is 5.10 Å². The number of ether oxygens (including phenoxy) is 2. The van der Waals surface area contributed by atoms with Gasteiger partial charge in [0.2, 0.25) is 0 Å². The molecule has 2 amide bonds. The third-order valence-corrected chi connectivity index (χ3v) is 5.65. The Labute approximate surface area is 217 Å². The van der Waals surface area contributed by atoms with Gasteiger partial charge in [-0.15, -0.1) is 0 Å². The van der Waals surface area contributed by atoms with Crippen molar-refractivity contribution in [3.05, 3.63) is 95.2 Å². The first-order valence-corrected chi connectivity index (χ1v) is 12.0. The summed E-state index contributed by atoms with van der Waals surface area (Å²) in [5.41, 5.74) is 5.53. The van der Waals surface area contributed by atoms with Crippen molar-refractivity contribution in [3.8, 4) is 11.5 Å². The van der Waals surface area contributed by atoms with Crippen LogP contribution in [0.2, 0.25) is 0 Å². The van der Waals surface area contributed by atoms with Crippen molar-refractivity contribution in [1.29, 1.82) is 0 Å². The number of hydrogen-bond acceptors (Lipinski definition) is 6. The van der Waals surface area contributed by atoms with Crippen molar-refractivity contribution in [2.45, 2.75) is 13.8 Å². The minimum Gasteiger partial charge on any atom is -0.493 e. The van der Waals surface area contributed by atoms with Crippen molar-refractivity contribution in [1.82, 2.24) is 10.7 Å². The fourth-order valence-electron chi connectivity index (χ4n) is 3.64. The third kappa shape index (κ3) is 7.44. The van der Waals surface area contributed by atoms with E-state index in [0.717, 1.165) is 24.3 Å². The average Bonchev–Trinajstić information content (AvgIpc) is 2.94. The van der Waals surface area contributed by atoms with E-state index in [-0.39, 0.29) is 5.70 Å². The summed E-state index contributed by atoms with van der Waals surface area (Å²) < 4.78 is 10.5. The summed E-state index contributed by atoms with van der Waals surface area (Å²) in [7, 11) is 3.10. The Hall–Kier alpha value is -4.59. The fourth-order valence-corrected chi connectivity index (χ4v) is 3.64. The van der Waals surface area contributed by atoms with Crippen LogP contribution in [0.4, 0.5) is 5.69 Å². The summed E-state index contributed by atoms with van der Waals surface area (Å²) >= 11 is 0. The molecule has 0 spiro atoms. The second-order valence-corrected chi connectivity index (χ2v) is 7.96. The van der Waals surface area contributed by atoms with E-state index in [1.807, 2.05) is 30.3 Å². The Bertz CT molecular complexity index is 1250. The zero-order valence-corrected chi connectivity index (χ0v) is 21.5. The van der Waals surface area contributed by atoms with Crippen molar-refractivity contribution < 1.29 is 19.1 Å². The predicted octanol–water partition coefficient (Wildman–Crippen LogP) is 4.47. The Morgan fingerprint density at radius 2 is 1.51 bits per heavy atom. The van der Waals surface area contributed by atoms with Crippen LogP contribution in [0.5, 0.6) is 11.5 Å². The summed E-state index contributed by atoms with van der Waals surface area (Å²) in [6.45, 7) is 5.98. The maximum absolute atomic E-state index is 13.0. The average molecular weight is 501 g/mol. The molecule has 0 heterocycles. The zero-order valence-electron chi connectivity index (χ0n) is 21.5. The number of amides is 2. The molecule has 0 atom stereocenters. The second-order valence-electron chi connectivity index (χ2n) is 7.96. The lowest BCUT2D eigenvalue weighted by atomic mass is 10.1. The van der Waals surface area contributed by atoms with Crippen LogP contribution >= 0.6 is 0 Å². The van der Waals surface area contributed by atoms with Crippen LogP contribution in [0, 0.1) is 0 Å². The van der Waals surface area contributed by atoms with Crippen LogP contribution in [0.1, 0.15) is 35.3 Å². The Morgan fingerprint density at radius 1 is 0.865 bits per heavy atom. The molecule has 3 aromatic carbocycles. The van der Waals surface area contributed by atoms with Crippen LogP contribution < -0.4 is 25.1 Å². The molecule has 0 radical (unpaired) electrons. The molecule has 0 saturated carbocycles. The van der Waals surface area contributed by atoms with Crippen LogP contribution in [0.3, 0.4) is 0 Å². The van der Waals surface area contributed by atoms with Crippen molar-refractivity contribution in [3.63, 3.8) is 0 Å². The number of hydrogen-bond donors (Lipinski definition) is 2. The summed E-state index contributed by atoms with van der Waals surface area (Å²) in [5.74, 6) is 0.172. The van der Waals surface area contributed by atoms with Gasteiger partial charge < -0.3 is 19.7 Å². The number of carbonyl (C=O) groups is 2. The van der Waals surface area contributed by atoms with Crippen molar-refractivity contribution in [2.75, 3.05) is 32.2 Å². The van der Waals surface area contributed by atoms with Crippen LogP contribution in [-0.4, -0.2) is 45.3 Å². The van der Waals surface area contributed by atoms with Gasteiger partial charge in [0.15, 0.2) is 11.5 Å². The van der Waals surface area contributed by atoms with E-state index in [1.54, 1.807) is 62.8 Å². The lowest BCUT2D eigenvalue weighted by molar-refractivity contribution is -0.117. The molecule has 8 heteroatoms. The first-order valence-electron chi connectivity index (χ1n) is 12.0. The smallest absolute Gasteiger partial charge is 0.287 e. The van der Waals surface area contributed by atoms with E-state index in [4.69, 9.17) is 9.47 Å². The van der Waals surface area contributed by atoms with Gasteiger partial charge in [-0.25, -0.2) is 5.43 Å². The molecule has 0 aliphatic rings. The zero-order chi connectivity index (χ0) is 26.6. The van der Waals surface area contributed by atoms with E-state index in [0.29, 0.717) is 22.6 Å². The standard InChI is InChI=1S/C29H32N4O4/c1-5-33(6-2)24-15-12-21(13-16-24)18-25(31-28(34)23-10-8-7-9-11-23)29(35)32-30-20-22-14-17-26(36-3)27(19-22)37-4/h7-20H,5-6H2,1-4H3,(H,31,34)(H,32,35). The first kappa shape index (κ1) is 27.0. The maximum Gasteiger partial charge on any atom is 0.287 e. The largest absolute Gasteiger partial charge is 0.493 e. The number of anilines is 1. The van der Waals surface area contributed by atoms with E-state index in [9.17, 15) is 9.59 Å². The first-order chi connectivity index (χ1) is 18.0. The van der Waals surface area contributed by atoms with Crippen LogP contribution in [0.15, 0.2) is 83.6 Å². The number of carbonyl (C=O) groups excluding carboxylic acids is 2. The molecule has 0 bridgehead atoms. The molecule has 0 unspecified atom stereocenters. The normalized spacial score (nSPS) is 11.2. The Kier molecular flexibility index (Phi) is 9.84. The van der Waals surface area contributed by atoms with E-state index < -0.39 is 11.8 Å². The SMILES string of the molecule is CCN(CC)c1ccc(C=C(NC(=O)c2ccccc2)C(=O)NN=Cc2ccc(OC)c(OC)c2)cc1. The highest BCUT2D eigenvalue weighted by Gasteiger charge is 2.14. The van der Waals surface area contributed by atoms with Crippen LogP contribution in [-0.2, 0) is 4.79 Å². The van der Waals surface area contributed by atoms with Gasteiger partial charge >= 0.3 is 0 Å².